The zero-order chi connectivity index (χ0) is 12.9. The van der Waals surface area contributed by atoms with Gasteiger partial charge in [0.2, 0.25) is 0 Å². The molecular weight excluding hydrogens is 259 g/mol. The zero-order valence-corrected chi connectivity index (χ0v) is 14.9. The molecule has 0 rings (SSSR count). The first-order valence-corrected chi connectivity index (χ1v) is 11.8. The van der Waals surface area contributed by atoms with Crippen molar-refractivity contribution in [3.63, 3.8) is 0 Å². The van der Waals surface area contributed by atoms with Crippen molar-refractivity contribution in [2.24, 2.45) is 0 Å². The first-order valence-electron chi connectivity index (χ1n) is 7.29. The summed E-state index contributed by atoms with van der Waals surface area (Å²) in [5.41, 5.74) is 0. The van der Waals surface area contributed by atoms with Crippen LogP contribution < -0.4 is 0 Å². The molecule has 17 heavy (non-hydrogen) atoms. The standard InChI is InChI=1S/C13H30BS2Si/c1-5-8-11-15-14(16-12-9-6-2)10-13-17(4)7-3/h5-13H2,1-4H3. The molecule has 4 heteroatoms. The Labute approximate surface area is 120 Å². The molecule has 0 saturated heterocycles. The molecule has 0 unspecified atom stereocenters. The molecule has 0 aliphatic carbocycles. The molecule has 0 bridgehead atoms. The van der Waals surface area contributed by atoms with Crippen molar-refractivity contribution in [1.82, 2.24) is 0 Å². The maximum absolute atomic E-state index is 2.50. The van der Waals surface area contributed by atoms with E-state index in [4.69, 9.17) is 0 Å². The van der Waals surface area contributed by atoms with E-state index >= 15 is 0 Å². The average Bonchev–Trinajstić information content (AvgIpc) is 2.35. The van der Waals surface area contributed by atoms with Gasteiger partial charge in [0.15, 0.2) is 0 Å². The fourth-order valence-corrected chi connectivity index (χ4v) is 6.00. The van der Waals surface area contributed by atoms with E-state index < -0.39 is 0 Å². The number of hydrogen-bond donors (Lipinski definition) is 0. The molecule has 1 radical (unpaired) electrons. The van der Waals surface area contributed by atoms with Gasteiger partial charge in [-0.2, -0.15) is 23.2 Å². The van der Waals surface area contributed by atoms with Crippen LogP contribution in [0.3, 0.4) is 0 Å². The highest BCUT2D eigenvalue weighted by atomic mass is 32.2. The number of rotatable bonds is 12. The van der Waals surface area contributed by atoms with Crippen molar-refractivity contribution in [1.29, 1.82) is 0 Å². The summed E-state index contributed by atoms with van der Waals surface area (Å²) >= 11 is 4.46. The summed E-state index contributed by atoms with van der Waals surface area (Å²) in [5.74, 6) is 2.75. The lowest BCUT2D eigenvalue weighted by Gasteiger charge is -2.14. The summed E-state index contributed by atoms with van der Waals surface area (Å²) in [5, 5.41) is 0.889. The van der Waals surface area contributed by atoms with E-state index in [9.17, 15) is 0 Å². The van der Waals surface area contributed by atoms with Crippen LogP contribution in [0.5, 0.6) is 0 Å². The number of hydrogen-bond acceptors (Lipinski definition) is 2. The van der Waals surface area contributed by atoms with E-state index in [2.05, 4.69) is 50.5 Å². The second-order valence-corrected chi connectivity index (χ2v) is 10.8. The lowest BCUT2D eigenvalue weighted by atomic mass is 10.0. The highest BCUT2D eigenvalue weighted by Gasteiger charge is 2.16. The van der Waals surface area contributed by atoms with Gasteiger partial charge in [0.1, 0.15) is 0 Å². The molecule has 0 aromatic carbocycles. The van der Waals surface area contributed by atoms with Crippen LogP contribution in [-0.2, 0) is 0 Å². The fraction of sp³-hybridized carbons (Fsp3) is 1.00. The van der Waals surface area contributed by atoms with Crippen LogP contribution in [0.4, 0.5) is 0 Å². The Balaban J connectivity index is 3.75. The first kappa shape index (κ1) is 18.0. The predicted octanol–water partition coefficient (Wildman–Crippen LogP) is 5.69. The van der Waals surface area contributed by atoms with E-state index in [1.807, 2.05) is 0 Å². The van der Waals surface area contributed by atoms with Gasteiger partial charge in [-0.1, -0.05) is 58.6 Å². The van der Waals surface area contributed by atoms with Crippen LogP contribution in [0.2, 0.25) is 25.0 Å². The van der Waals surface area contributed by atoms with E-state index in [1.54, 1.807) is 0 Å². The highest BCUT2D eigenvalue weighted by Crippen LogP contribution is 2.27. The summed E-state index contributed by atoms with van der Waals surface area (Å²) in [6.45, 7) is 9.45. The van der Waals surface area contributed by atoms with Gasteiger partial charge in [0.05, 0.1) is 0 Å². The van der Waals surface area contributed by atoms with E-state index in [1.165, 1.54) is 55.6 Å². The molecule has 0 aromatic heterocycles. The molecule has 0 amide bonds. The molecule has 0 fully saturated rings. The Kier molecular flexibility index (Phi) is 14.2. The van der Waals surface area contributed by atoms with Crippen LogP contribution in [-0.4, -0.2) is 25.6 Å². The molecule has 0 nitrogen and oxygen atoms in total. The number of unbranched alkanes of at least 4 members (excludes halogenated alkanes) is 2. The van der Waals surface area contributed by atoms with Gasteiger partial charge in [-0.05, 0) is 24.3 Å². The summed E-state index contributed by atoms with van der Waals surface area (Å²) in [7, 11) is -0.0106. The Morgan fingerprint density at radius 1 is 0.941 bits per heavy atom. The van der Waals surface area contributed by atoms with E-state index in [-0.39, 0.29) is 8.80 Å². The third kappa shape index (κ3) is 11.8. The maximum atomic E-state index is 2.50. The van der Waals surface area contributed by atoms with Gasteiger partial charge in [0.25, 0.3) is 5.27 Å². The molecule has 0 spiro atoms. The summed E-state index contributed by atoms with van der Waals surface area (Å²) in [6.07, 6.45) is 6.94. The van der Waals surface area contributed by atoms with E-state index in [0.717, 1.165) is 5.27 Å². The molecule has 0 aliphatic rings. The summed E-state index contributed by atoms with van der Waals surface area (Å²) in [6, 6.07) is 2.96. The largest absolute Gasteiger partial charge is 0.273 e. The fourth-order valence-electron chi connectivity index (χ4n) is 1.47. The second-order valence-electron chi connectivity index (χ2n) is 4.73. The van der Waals surface area contributed by atoms with Crippen LogP contribution in [0.25, 0.3) is 0 Å². The van der Waals surface area contributed by atoms with Gasteiger partial charge < -0.3 is 0 Å². The van der Waals surface area contributed by atoms with Crippen molar-refractivity contribution in [3.05, 3.63) is 0 Å². The molecule has 0 saturated carbocycles. The SMILES string of the molecule is CCCCSB(CC[Si](C)CC)SCCCC. The first-order chi connectivity index (χ1) is 8.24. The summed E-state index contributed by atoms with van der Waals surface area (Å²) < 4.78 is 0. The van der Waals surface area contributed by atoms with Crippen molar-refractivity contribution in [3.8, 4) is 0 Å². The second kappa shape index (κ2) is 13.4. The van der Waals surface area contributed by atoms with Crippen LogP contribution in [0, 0.1) is 0 Å². The Morgan fingerprint density at radius 2 is 1.47 bits per heavy atom. The molecule has 0 atom stereocenters. The minimum absolute atomic E-state index is 0.0106. The lowest BCUT2D eigenvalue weighted by molar-refractivity contribution is 0.897. The Morgan fingerprint density at radius 3 is 1.88 bits per heavy atom. The smallest absolute Gasteiger partial charge is 0.195 e. The minimum Gasteiger partial charge on any atom is -0.195 e. The molecule has 0 aromatic rings. The van der Waals surface area contributed by atoms with Crippen LogP contribution in [0.1, 0.15) is 46.5 Å². The van der Waals surface area contributed by atoms with Crippen molar-refractivity contribution < 1.29 is 0 Å². The van der Waals surface area contributed by atoms with Gasteiger partial charge in [-0.25, -0.2) is 0 Å². The quantitative estimate of drug-likeness (QED) is 0.334. The minimum atomic E-state index is -0.0106. The van der Waals surface area contributed by atoms with Gasteiger partial charge in [-0.15, -0.1) is 0 Å². The molecule has 0 aliphatic heterocycles. The Bertz CT molecular complexity index is 148. The highest BCUT2D eigenvalue weighted by molar-refractivity contribution is 8.54. The van der Waals surface area contributed by atoms with Crippen molar-refractivity contribution in [2.45, 2.75) is 71.4 Å². The average molecular weight is 289 g/mol. The summed E-state index contributed by atoms with van der Waals surface area (Å²) in [4.78, 5) is 0. The topological polar surface area (TPSA) is 0 Å². The molecule has 101 valence electrons. The molecule has 0 heterocycles. The maximum Gasteiger partial charge on any atom is 0.273 e. The predicted molar refractivity (Wildman–Crippen MR) is 92.2 cm³/mol. The molecular formula is C13H30BS2Si. The van der Waals surface area contributed by atoms with Crippen molar-refractivity contribution >= 4 is 37.3 Å². The van der Waals surface area contributed by atoms with Gasteiger partial charge >= 0.3 is 0 Å². The van der Waals surface area contributed by atoms with Gasteiger partial charge in [0, 0.05) is 8.80 Å². The van der Waals surface area contributed by atoms with Crippen LogP contribution in [0.15, 0.2) is 0 Å². The normalized spacial score (nSPS) is 11.1. The monoisotopic (exact) mass is 289 g/mol. The third-order valence-corrected chi connectivity index (χ3v) is 8.44. The van der Waals surface area contributed by atoms with Crippen molar-refractivity contribution in [2.75, 3.05) is 11.5 Å². The zero-order valence-electron chi connectivity index (χ0n) is 12.3. The molecule has 0 N–H and O–H groups in total. The van der Waals surface area contributed by atoms with Gasteiger partial charge in [-0.3, -0.25) is 0 Å². The van der Waals surface area contributed by atoms with Crippen LogP contribution >= 0.6 is 23.2 Å². The third-order valence-electron chi connectivity index (χ3n) is 3.01. The Hall–Kier alpha value is 0.982. The lowest BCUT2D eigenvalue weighted by Crippen LogP contribution is -2.11. The van der Waals surface area contributed by atoms with E-state index in [0.29, 0.717) is 0 Å².